The van der Waals surface area contributed by atoms with Crippen molar-refractivity contribution in [2.24, 2.45) is 0 Å². The van der Waals surface area contributed by atoms with Crippen LogP contribution in [-0.4, -0.2) is 47.6 Å². The second-order valence-electron chi connectivity index (χ2n) is 9.97. The number of anilines is 1. The summed E-state index contributed by atoms with van der Waals surface area (Å²) in [5, 5.41) is 11.6. The smallest absolute Gasteiger partial charge is 0.350 e. The number of aromatic nitrogens is 1. The van der Waals surface area contributed by atoms with Crippen molar-refractivity contribution in [3.63, 3.8) is 0 Å². The quantitative estimate of drug-likeness (QED) is 0.0535. The third-order valence-corrected chi connectivity index (χ3v) is 7.88. The first-order valence-corrected chi connectivity index (χ1v) is 15.1. The van der Waals surface area contributed by atoms with Crippen LogP contribution in [0.3, 0.4) is 0 Å². The molecule has 1 amide bonds. The highest BCUT2D eigenvalue weighted by atomic mass is 32.1. The fraction of sp³-hybridized carbons (Fsp3) is 0.333. The van der Waals surface area contributed by atoms with Crippen LogP contribution >= 0.6 is 11.3 Å². The van der Waals surface area contributed by atoms with E-state index in [1.54, 1.807) is 55.5 Å². The molecule has 1 unspecified atom stereocenters. The zero-order valence-corrected chi connectivity index (χ0v) is 25.4. The van der Waals surface area contributed by atoms with Crippen molar-refractivity contribution in [2.75, 3.05) is 24.7 Å². The molecular weight excluding hydrogens is 568 g/mol. The number of ketones is 1. The Bertz CT molecular complexity index is 1510. The Balaban J connectivity index is 1.80. The number of carbonyl (C=O) groups excluding carboxylic acids is 3. The zero-order valence-electron chi connectivity index (χ0n) is 24.6. The maximum atomic E-state index is 13.6. The first-order valence-electron chi connectivity index (χ1n) is 14.3. The Morgan fingerprint density at radius 2 is 1.79 bits per heavy atom. The number of carbonyl (C=O) groups is 3. The van der Waals surface area contributed by atoms with Crippen LogP contribution in [-0.2, 0) is 14.3 Å². The van der Waals surface area contributed by atoms with Gasteiger partial charge in [-0.2, -0.15) is 0 Å². The minimum Gasteiger partial charge on any atom is -0.507 e. The van der Waals surface area contributed by atoms with Gasteiger partial charge in [-0.1, -0.05) is 62.8 Å². The Labute approximate surface area is 255 Å². The minimum absolute atomic E-state index is 0.0172. The van der Waals surface area contributed by atoms with Crippen molar-refractivity contribution in [1.29, 1.82) is 0 Å². The molecule has 1 aliphatic heterocycles. The van der Waals surface area contributed by atoms with Gasteiger partial charge in [0.05, 0.1) is 30.5 Å². The van der Waals surface area contributed by atoms with E-state index >= 15 is 0 Å². The molecule has 0 spiro atoms. The molecule has 2 heterocycles. The Hall–Kier alpha value is -4.44. The largest absolute Gasteiger partial charge is 0.507 e. The van der Waals surface area contributed by atoms with Gasteiger partial charge in [0.1, 0.15) is 28.7 Å². The SMILES string of the molecule is C=CCOC(=O)c1sc(N2C(=O)C(=O)/C(=C(/O)c3ccc(OCCC)cc3)C2c2cccc(OCCCCC)c2)nc1C. The number of rotatable bonds is 14. The topological polar surface area (TPSA) is 115 Å². The van der Waals surface area contributed by atoms with Crippen molar-refractivity contribution in [3.8, 4) is 11.5 Å². The van der Waals surface area contributed by atoms with Gasteiger partial charge in [-0.25, -0.2) is 9.78 Å². The number of aliphatic hydroxyl groups excluding tert-OH is 1. The van der Waals surface area contributed by atoms with E-state index in [1.165, 1.54) is 11.0 Å². The van der Waals surface area contributed by atoms with Crippen LogP contribution in [0.4, 0.5) is 5.13 Å². The number of nitrogens with zero attached hydrogens (tertiary/aromatic N) is 2. The number of aliphatic hydroxyl groups is 1. The lowest BCUT2D eigenvalue weighted by atomic mass is 9.95. The molecule has 10 heteroatoms. The number of unbranched alkanes of at least 4 members (excludes halogenated alkanes) is 2. The van der Waals surface area contributed by atoms with Crippen molar-refractivity contribution in [2.45, 2.75) is 52.5 Å². The van der Waals surface area contributed by atoms with Crippen LogP contribution in [0.15, 0.2) is 66.8 Å². The molecule has 1 fully saturated rings. The van der Waals surface area contributed by atoms with Gasteiger partial charge in [0.2, 0.25) is 0 Å². The average molecular weight is 605 g/mol. The summed E-state index contributed by atoms with van der Waals surface area (Å²) in [5.74, 6) is -1.49. The van der Waals surface area contributed by atoms with Crippen molar-refractivity contribution in [1.82, 2.24) is 4.98 Å². The maximum Gasteiger partial charge on any atom is 0.350 e. The summed E-state index contributed by atoms with van der Waals surface area (Å²) in [6.07, 6.45) is 5.27. The fourth-order valence-corrected chi connectivity index (χ4v) is 5.61. The van der Waals surface area contributed by atoms with E-state index in [1.807, 2.05) is 6.92 Å². The standard InChI is InChI=1S/C33H36N2O7S/c1-5-8-9-19-41-25-12-10-11-23(20-25)27-26(28(36)22-13-15-24(16-14-22)40-17-6-2)29(37)31(38)35(27)33-34-21(4)30(43-33)32(39)42-18-7-3/h7,10-16,20,27,36H,3,5-6,8-9,17-19H2,1-2,4H3/b28-26+. The second-order valence-corrected chi connectivity index (χ2v) is 10.9. The van der Waals surface area contributed by atoms with E-state index in [4.69, 9.17) is 14.2 Å². The molecule has 2 aromatic carbocycles. The third kappa shape index (κ3) is 7.14. The number of hydrogen-bond acceptors (Lipinski definition) is 9. The number of Topliss-reactive ketones (excluding diaryl/α,β-unsaturated/α-hetero) is 1. The Morgan fingerprint density at radius 1 is 1.05 bits per heavy atom. The maximum absolute atomic E-state index is 13.6. The molecule has 9 nitrogen and oxygen atoms in total. The summed E-state index contributed by atoms with van der Waals surface area (Å²) in [7, 11) is 0. The molecule has 226 valence electrons. The molecule has 1 saturated heterocycles. The van der Waals surface area contributed by atoms with Crippen molar-refractivity contribution < 1.29 is 33.7 Å². The van der Waals surface area contributed by atoms with Gasteiger partial charge in [0.25, 0.3) is 5.78 Å². The first kappa shape index (κ1) is 31.5. The molecule has 3 aromatic rings. The minimum atomic E-state index is -1.03. The summed E-state index contributed by atoms with van der Waals surface area (Å²) in [5.41, 5.74) is 1.15. The normalized spacial score (nSPS) is 15.9. The van der Waals surface area contributed by atoms with Crippen LogP contribution in [0.2, 0.25) is 0 Å². The van der Waals surface area contributed by atoms with Crippen LogP contribution in [0.1, 0.15) is 72.1 Å². The van der Waals surface area contributed by atoms with E-state index in [0.29, 0.717) is 41.5 Å². The highest BCUT2D eigenvalue weighted by Gasteiger charge is 2.48. The summed E-state index contributed by atoms with van der Waals surface area (Å²) in [6.45, 7) is 10.4. The lowest BCUT2D eigenvalue weighted by Crippen LogP contribution is -2.29. The van der Waals surface area contributed by atoms with Gasteiger partial charge in [0, 0.05) is 5.56 Å². The molecule has 1 aromatic heterocycles. The molecule has 43 heavy (non-hydrogen) atoms. The van der Waals surface area contributed by atoms with Crippen LogP contribution < -0.4 is 14.4 Å². The molecule has 4 rings (SSSR count). The van der Waals surface area contributed by atoms with Crippen LogP contribution in [0.5, 0.6) is 11.5 Å². The molecule has 1 atom stereocenters. The zero-order chi connectivity index (χ0) is 30.9. The highest BCUT2D eigenvalue weighted by molar-refractivity contribution is 7.17. The molecule has 0 bridgehead atoms. The number of thiazole rings is 1. The van der Waals surface area contributed by atoms with Gasteiger partial charge in [0.15, 0.2) is 5.13 Å². The number of amides is 1. The van der Waals surface area contributed by atoms with Gasteiger partial charge >= 0.3 is 11.9 Å². The predicted octanol–water partition coefficient (Wildman–Crippen LogP) is 6.78. The lowest BCUT2D eigenvalue weighted by Gasteiger charge is -2.23. The Kier molecular flexibility index (Phi) is 10.7. The van der Waals surface area contributed by atoms with Gasteiger partial charge in [-0.15, -0.1) is 0 Å². The number of ether oxygens (including phenoxy) is 3. The van der Waals surface area contributed by atoms with Crippen molar-refractivity contribution in [3.05, 3.63) is 88.5 Å². The summed E-state index contributed by atoms with van der Waals surface area (Å²) in [6, 6.07) is 12.7. The predicted molar refractivity (Wildman–Crippen MR) is 166 cm³/mol. The van der Waals surface area contributed by atoms with Gasteiger partial charge in [-0.05, 0) is 61.7 Å². The summed E-state index contributed by atoms with van der Waals surface area (Å²) in [4.78, 5) is 45.8. The second kappa shape index (κ2) is 14.6. The van der Waals surface area contributed by atoms with Gasteiger partial charge in [-0.3, -0.25) is 14.5 Å². The molecule has 0 aliphatic carbocycles. The highest BCUT2D eigenvalue weighted by Crippen LogP contribution is 2.44. The molecule has 0 saturated carbocycles. The first-order chi connectivity index (χ1) is 20.8. The van der Waals surface area contributed by atoms with E-state index < -0.39 is 23.7 Å². The van der Waals surface area contributed by atoms with Crippen LogP contribution in [0.25, 0.3) is 5.76 Å². The summed E-state index contributed by atoms with van der Waals surface area (Å²) >= 11 is 0.943. The number of hydrogen-bond donors (Lipinski definition) is 1. The Morgan fingerprint density at radius 3 is 2.49 bits per heavy atom. The van der Waals surface area contributed by atoms with Crippen molar-refractivity contribution >= 4 is 39.9 Å². The molecular formula is C33H36N2O7S. The third-order valence-electron chi connectivity index (χ3n) is 6.74. The summed E-state index contributed by atoms with van der Waals surface area (Å²) < 4.78 is 16.8. The van der Waals surface area contributed by atoms with Gasteiger partial charge < -0.3 is 19.3 Å². The molecule has 0 radical (unpaired) electrons. The average Bonchev–Trinajstić information content (AvgIpc) is 3.53. The number of esters is 1. The fourth-order valence-electron chi connectivity index (χ4n) is 4.62. The number of benzene rings is 2. The van der Waals surface area contributed by atoms with E-state index in [0.717, 1.165) is 37.0 Å². The lowest BCUT2D eigenvalue weighted by molar-refractivity contribution is -0.132. The van der Waals surface area contributed by atoms with Crippen LogP contribution in [0, 0.1) is 6.92 Å². The monoisotopic (exact) mass is 604 g/mol. The van der Waals surface area contributed by atoms with E-state index in [-0.39, 0.29) is 27.9 Å². The van der Waals surface area contributed by atoms with E-state index in [9.17, 15) is 19.5 Å². The molecule has 1 N–H and O–H groups in total. The number of aryl methyl sites for hydroxylation is 1. The van der Waals surface area contributed by atoms with E-state index in [2.05, 4.69) is 18.5 Å². The molecule has 1 aliphatic rings.